The zero-order chi connectivity index (χ0) is 21.3. The van der Waals surface area contributed by atoms with Gasteiger partial charge in [0, 0.05) is 28.7 Å². The number of anilines is 2. The Balaban J connectivity index is 1.41. The molecule has 4 rings (SSSR count). The topological polar surface area (TPSA) is 88.1 Å². The third kappa shape index (κ3) is 4.13. The second kappa shape index (κ2) is 7.79. The zero-order valence-electron chi connectivity index (χ0n) is 16.1. The van der Waals surface area contributed by atoms with E-state index < -0.39 is 23.3 Å². The molecular formula is C21H19ClFN5O2. The smallest absolute Gasteiger partial charge is 0.320 e. The third-order valence-corrected chi connectivity index (χ3v) is 5.17. The van der Waals surface area contributed by atoms with Crippen LogP contribution in [-0.2, 0) is 4.79 Å². The van der Waals surface area contributed by atoms with Crippen LogP contribution < -0.4 is 16.0 Å². The molecule has 1 aliphatic carbocycles. The first-order valence-corrected chi connectivity index (χ1v) is 9.71. The lowest BCUT2D eigenvalue weighted by Gasteiger charge is -2.18. The van der Waals surface area contributed by atoms with Crippen LogP contribution >= 0.6 is 11.6 Å². The number of halogens is 2. The maximum atomic E-state index is 14.6. The monoisotopic (exact) mass is 427 g/mol. The molecule has 1 saturated carbocycles. The average Bonchev–Trinajstić information content (AvgIpc) is 3.36. The first kappa shape index (κ1) is 19.9. The number of nitrogens with zero attached hydrogens (tertiary/aromatic N) is 2. The van der Waals surface area contributed by atoms with Crippen LogP contribution in [0.2, 0.25) is 5.02 Å². The molecule has 9 heteroatoms. The van der Waals surface area contributed by atoms with Crippen molar-refractivity contribution in [2.45, 2.75) is 25.3 Å². The van der Waals surface area contributed by atoms with Crippen molar-refractivity contribution in [2.24, 2.45) is 0 Å². The molecule has 0 unspecified atom stereocenters. The van der Waals surface area contributed by atoms with Gasteiger partial charge in [-0.1, -0.05) is 11.6 Å². The van der Waals surface area contributed by atoms with E-state index in [1.807, 2.05) is 13.0 Å². The molecule has 7 nitrogen and oxygen atoms in total. The molecule has 154 valence electrons. The highest BCUT2D eigenvalue weighted by atomic mass is 35.5. The lowest BCUT2D eigenvalue weighted by Crippen LogP contribution is -2.47. The summed E-state index contributed by atoms with van der Waals surface area (Å²) >= 11 is 5.83. The van der Waals surface area contributed by atoms with E-state index in [1.54, 1.807) is 41.2 Å². The first-order valence-electron chi connectivity index (χ1n) is 9.33. The Kier molecular flexibility index (Phi) is 5.17. The molecule has 30 heavy (non-hydrogen) atoms. The van der Waals surface area contributed by atoms with Gasteiger partial charge in [-0.2, -0.15) is 5.10 Å². The highest BCUT2D eigenvalue weighted by Gasteiger charge is 2.51. The summed E-state index contributed by atoms with van der Waals surface area (Å²) < 4.78 is 16.2. The second-order valence-electron chi connectivity index (χ2n) is 7.17. The van der Waals surface area contributed by atoms with Gasteiger partial charge in [-0.05, 0) is 62.2 Å². The number of carbonyl (C=O) groups is 2. The fourth-order valence-corrected chi connectivity index (χ4v) is 3.19. The van der Waals surface area contributed by atoms with Gasteiger partial charge in [0.05, 0.1) is 11.4 Å². The molecular weight excluding hydrogens is 409 g/mol. The molecule has 1 aliphatic rings. The van der Waals surface area contributed by atoms with Crippen molar-refractivity contribution in [1.82, 2.24) is 15.1 Å². The van der Waals surface area contributed by atoms with Gasteiger partial charge in [-0.25, -0.2) is 13.9 Å². The molecule has 1 heterocycles. The minimum atomic E-state index is -1.06. The van der Waals surface area contributed by atoms with Gasteiger partial charge in [0.2, 0.25) is 5.91 Å². The average molecular weight is 428 g/mol. The normalized spacial score (nSPS) is 14.1. The van der Waals surface area contributed by atoms with Gasteiger partial charge < -0.3 is 16.0 Å². The Morgan fingerprint density at radius 3 is 2.43 bits per heavy atom. The zero-order valence-corrected chi connectivity index (χ0v) is 16.8. The van der Waals surface area contributed by atoms with Crippen molar-refractivity contribution in [3.05, 3.63) is 71.3 Å². The number of carbonyl (C=O) groups excluding carboxylic acids is 2. The van der Waals surface area contributed by atoms with E-state index in [0.29, 0.717) is 29.2 Å². The van der Waals surface area contributed by atoms with Crippen molar-refractivity contribution in [2.75, 3.05) is 10.6 Å². The molecule has 0 aliphatic heterocycles. The first-order chi connectivity index (χ1) is 14.4. The van der Waals surface area contributed by atoms with Crippen LogP contribution in [0.1, 0.15) is 18.5 Å². The number of hydrogen-bond donors (Lipinski definition) is 3. The number of benzene rings is 2. The van der Waals surface area contributed by atoms with E-state index in [9.17, 15) is 14.0 Å². The maximum absolute atomic E-state index is 14.6. The summed E-state index contributed by atoms with van der Waals surface area (Å²) in [5, 5.41) is 12.6. The highest BCUT2D eigenvalue weighted by Crippen LogP contribution is 2.37. The lowest BCUT2D eigenvalue weighted by atomic mass is 10.2. The van der Waals surface area contributed by atoms with Crippen molar-refractivity contribution < 1.29 is 14.0 Å². The predicted octanol–water partition coefficient (Wildman–Crippen LogP) is 4.27. The number of aromatic nitrogens is 2. The van der Waals surface area contributed by atoms with E-state index in [0.717, 1.165) is 5.69 Å². The Bertz CT molecular complexity index is 1110. The van der Waals surface area contributed by atoms with Crippen molar-refractivity contribution in [3.63, 3.8) is 0 Å². The van der Waals surface area contributed by atoms with Crippen molar-refractivity contribution in [1.29, 1.82) is 0 Å². The molecule has 0 radical (unpaired) electrons. The standard InChI is InChI=1S/C21H19ClFN5O2/c1-13-8-11-24-28(13)16-6-7-18(17(23)12-16)26-19(29)21(9-10-21)27-20(30)25-15-4-2-14(22)3-5-15/h2-8,11-12H,9-10H2,1H3,(H,26,29)(H2,25,27,30). The van der Waals surface area contributed by atoms with Crippen LogP contribution in [0.3, 0.4) is 0 Å². The molecule has 0 saturated heterocycles. The predicted molar refractivity (Wildman–Crippen MR) is 112 cm³/mol. The van der Waals surface area contributed by atoms with Gasteiger partial charge in [-0.3, -0.25) is 4.79 Å². The van der Waals surface area contributed by atoms with Crippen LogP contribution in [0.25, 0.3) is 5.69 Å². The van der Waals surface area contributed by atoms with Gasteiger partial charge in [0.25, 0.3) is 0 Å². The number of hydrogen-bond acceptors (Lipinski definition) is 3. The lowest BCUT2D eigenvalue weighted by molar-refractivity contribution is -0.118. The molecule has 3 amide bonds. The summed E-state index contributed by atoms with van der Waals surface area (Å²) in [4.78, 5) is 25.0. The fourth-order valence-electron chi connectivity index (χ4n) is 3.07. The van der Waals surface area contributed by atoms with Gasteiger partial charge in [0.1, 0.15) is 11.4 Å². The largest absolute Gasteiger partial charge is 0.323 e. The highest BCUT2D eigenvalue weighted by molar-refractivity contribution is 6.30. The van der Waals surface area contributed by atoms with Crippen LogP contribution in [0, 0.1) is 12.7 Å². The molecule has 0 spiro atoms. The molecule has 3 aromatic rings. The number of amides is 3. The van der Waals surface area contributed by atoms with E-state index in [2.05, 4.69) is 21.0 Å². The van der Waals surface area contributed by atoms with E-state index >= 15 is 0 Å². The number of urea groups is 1. The quantitative estimate of drug-likeness (QED) is 0.568. The Morgan fingerprint density at radius 2 is 1.83 bits per heavy atom. The van der Waals surface area contributed by atoms with Crippen molar-refractivity contribution >= 4 is 34.9 Å². The summed E-state index contributed by atoms with van der Waals surface area (Å²) in [6.07, 6.45) is 2.57. The van der Waals surface area contributed by atoms with Crippen molar-refractivity contribution in [3.8, 4) is 5.69 Å². The number of aryl methyl sites for hydroxylation is 1. The Labute approximate surface area is 177 Å². The minimum Gasteiger partial charge on any atom is -0.323 e. The number of nitrogens with one attached hydrogen (secondary N) is 3. The molecule has 2 aromatic carbocycles. The van der Waals surface area contributed by atoms with Crippen LogP contribution in [0.15, 0.2) is 54.7 Å². The fraction of sp³-hybridized carbons (Fsp3) is 0.190. The van der Waals surface area contributed by atoms with Crippen LogP contribution in [0.5, 0.6) is 0 Å². The Morgan fingerprint density at radius 1 is 1.10 bits per heavy atom. The number of rotatable bonds is 5. The summed E-state index contributed by atoms with van der Waals surface area (Å²) in [6, 6.07) is 12.3. The Hall–Kier alpha value is -3.39. The minimum absolute atomic E-state index is 0.0414. The molecule has 1 fully saturated rings. The molecule has 3 N–H and O–H groups in total. The summed E-state index contributed by atoms with van der Waals surface area (Å²) in [5.41, 5.74) is 0.942. The SMILES string of the molecule is Cc1ccnn1-c1ccc(NC(=O)C2(NC(=O)Nc3ccc(Cl)cc3)CC2)c(F)c1. The molecule has 1 aromatic heterocycles. The maximum Gasteiger partial charge on any atom is 0.320 e. The van der Waals surface area contributed by atoms with Crippen LogP contribution in [0.4, 0.5) is 20.6 Å². The molecule has 0 atom stereocenters. The summed E-state index contributed by atoms with van der Waals surface area (Å²) in [5.74, 6) is -1.05. The second-order valence-corrected chi connectivity index (χ2v) is 7.61. The summed E-state index contributed by atoms with van der Waals surface area (Å²) in [7, 11) is 0. The third-order valence-electron chi connectivity index (χ3n) is 4.92. The van der Waals surface area contributed by atoms with E-state index in [4.69, 9.17) is 11.6 Å². The van der Waals surface area contributed by atoms with Gasteiger partial charge in [-0.15, -0.1) is 0 Å². The summed E-state index contributed by atoms with van der Waals surface area (Å²) in [6.45, 7) is 1.86. The van der Waals surface area contributed by atoms with E-state index in [-0.39, 0.29) is 5.69 Å². The van der Waals surface area contributed by atoms with E-state index in [1.165, 1.54) is 12.1 Å². The van der Waals surface area contributed by atoms with Crippen LogP contribution in [-0.4, -0.2) is 27.3 Å². The van der Waals surface area contributed by atoms with Gasteiger partial charge >= 0.3 is 6.03 Å². The van der Waals surface area contributed by atoms with Gasteiger partial charge in [0.15, 0.2) is 0 Å². The molecule has 0 bridgehead atoms.